The lowest BCUT2D eigenvalue weighted by molar-refractivity contribution is 1.59. The van der Waals surface area contributed by atoms with Gasteiger partial charge in [0.15, 0.2) is 0 Å². The van der Waals surface area contributed by atoms with Crippen molar-refractivity contribution in [2.45, 2.75) is 39.3 Å². The van der Waals surface area contributed by atoms with Gasteiger partial charge in [0, 0.05) is 5.56 Å². The van der Waals surface area contributed by atoms with Gasteiger partial charge in [-0.3, -0.25) is 0 Å². The zero-order valence-electron chi connectivity index (χ0n) is 14.6. The summed E-state index contributed by atoms with van der Waals surface area (Å²) in [5.41, 5.74) is 3.41. The standard InChI is InChI=1S/C20H26Si2/c1-8-16-15-19(22(5,6)7)13-14-20(16)17-9-11-18(12-10-17)21(2,3)4/h1,9-15H,2-7H3. The Balaban J connectivity index is 2.47. The molecule has 22 heavy (non-hydrogen) atoms. The molecule has 0 aromatic heterocycles. The van der Waals surface area contributed by atoms with Crippen molar-refractivity contribution in [3.05, 3.63) is 48.0 Å². The van der Waals surface area contributed by atoms with E-state index < -0.39 is 16.1 Å². The summed E-state index contributed by atoms with van der Waals surface area (Å²) in [6.07, 6.45) is 5.77. The lowest BCUT2D eigenvalue weighted by Gasteiger charge is -2.19. The first-order valence-electron chi connectivity index (χ1n) is 7.85. The molecule has 0 radical (unpaired) electrons. The highest BCUT2D eigenvalue weighted by atomic mass is 28.3. The van der Waals surface area contributed by atoms with E-state index in [9.17, 15) is 0 Å². The molecule has 0 fully saturated rings. The summed E-state index contributed by atoms with van der Waals surface area (Å²) in [7, 11) is -2.58. The third-order valence-corrected chi connectivity index (χ3v) is 8.21. The third kappa shape index (κ3) is 3.60. The minimum atomic E-state index is -1.33. The van der Waals surface area contributed by atoms with Gasteiger partial charge in [-0.05, 0) is 17.2 Å². The molecule has 2 heteroatoms. The Labute approximate surface area is 137 Å². The van der Waals surface area contributed by atoms with Gasteiger partial charge in [-0.15, -0.1) is 6.42 Å². The van der Waals surface area contributed by atoms with Crippen LogP contribution in [0.5, 0.6) is 0 Å². The quantitative estimate of drug-likeness (QED) is 0.579. The second-order valence-corrected chi connectivity index (χ2v) is 18.1. The molecule has 0 aliphatic carbocycles. The van der Waals surface area contributed by atoms with E-state index in [1.807, 2.05) is 0 Å². The van der Waals surface area contributed by atoms with Crippen molar-refractivity contribution >= 4 is 26.5 Å². The Kier molecular flexibility index (Phi) is 4.51. The van der Waals surface area contributed by atoms with Gasteiger partial charge in [-0.1, -0.05) is 92.0 Å². The molecule has 0 spiro atoms. The maximum atomic E-state index is 5.77. The van der Waals surface area contributed by atoms with Crippen molar-refractivity contribution < 1.29 is 0 Å². The Morgan fingerprint density at radius 3 is 1.68 bits per heavy atom. The fourth-order valence-electron chi connectivity index (χ4n) is 2.53. The molecule has 0 unspecified atom stereocenters. The summed E-state index contributed by atoms with van der Waals surface area (Å²) in [5, 5.41) is 2.90. The van der Waals surface area contributed by atoms with E-state index in [1.54, 1.807) is 0 Å². The lowest BCUT2D eigenvalue weighted by Crippen LogP contribution is -2.37. The van der Waals surface area contributed by atoms with Crippen LogP contribution in [0.15, 0.2) is 42.5 Å². The number of hydrogen-bond donors (Lipinski definition) is 0. The molecule has 0 bridgehead atoms. The van der Waals surface area contributed by atoms with Crippen LogP contribution in [0, 0.1) is 12.3 Å². The Morgan fingerprint density at radius 1 is 0.727 bits per heavy atom. The predicted octanol–water partition coefficient (Wildman–Crippen LogP) is 4.43. The van der Waals surface area contributed by atoms with Crippen molar-refractivity contribution in [1.29, 1.82) is 0 Å². The number of hydrogen-bond acceptors (Lipinski definition) is 0. The summed E-state index contributed by atoms with van der Waals surface area (Å²) < 4.78 is 0. The van der Waals surface area contributed by atoms with Crippen LogP contribution in [0.4, 0.5) is 0 Å². The molecule has 0 saturated heterocycles. The van der Waals surface area contributed by atoms with Gasteiger partial charge in [0.25, 0.3) is 0 Å². The van der Waals surface area contributed by atoms with Crippen LogP contribution in [0.3, 0.4) is 0 Å². The van der Waals surface area contributed by atoms with E-state index in [0.29, 0.717) is 0 Å². The second-order valence-electron chi connectivity index (χ2n) is 7.98. The van der Waals surface area contributed by atoms with Crippen molar-refractivity contribution in [2.75, 3.05) is 0 Å². The molecule has 0 nitrogen and oxygen atoms in total. The van der Waals surface area contributed by atoms with Crippen molar-refractivity contribution in [1.82, 2.24) is 0 Å². The minimum Gasteiger partial charge on any atom is -0.115 e. The van der Waals surface area contributed by atoms with Crippen LogP contribution in [0.25, 0.3) is 11.1 Å². The average molecular weight is 323 g/mol. The van der Waals surface area contributed by atoms with Gasteiger partial charge in [0.2, 0.25) is 0 Å². The fourth-order valence-corrected chi connectivity index (χ4v) is 4.86. The maximum absolute atomic E-state index is 5.77. The molecule has 0 amide bonds. The molecule has 0 heterocycles. The van der Waals surface area contributed by atoms with Crippen LogP contribution in [0.2, 0.25) is 39.3 Å². The zero-order valence-corrected chi connectivity index (χ0v) is 16.6. The van der Waals surface area contributed by atoms with E-state index in [4.69, 9.17) is 6.42 Å². The van der Waals surface area contributed by atoms with E-state index in [2.05, 4.69) is 87.7 Å². The topological polar surface area (TPSA) is 0 Å². The number of benzene rings is 2. The van der Waals surface area contributed by atoms with Crippen LogP contribution >= 0.6 is 0 Å². The molecule has 0 N–H and O–H groups in total. The van der Waals surface area contributed by atoms with E-state index in [-0.39, 0.29) is 0 Å². The van der Waals surface area contributed by atoms with Gasteiger partial charge >= 0.3 is 0 Å². The molecule has 2 aromatic rings. The monoisotopic (exact) mass is 322 g/mol. The summed E-state index contributed by atoms with van der Waals surface area (Å²) in [6, 6.07) is 15.7. The van der Waals surface area contributed by atoms with Gasteiger partial charge in [0.1, 0.15) is 0 Å². The second kappa shape index (κ2) is 5.91. The predicted molar refractivity (Wildman–Crippen MR) is 106 cm³/mol. The summed E-state index contributed by atoms with van der Waals surface area (Å²) in [6.45, 7) is 14.2. The molecular formula is C20H26Si2. The highest BCUT2D eigenvalue weighted by molar-refractivity contribution is 6.89. The Morgan fingerprint density at radius 2 is 1.23 bits per heavy atom. The maximum Gasteiger partial charge on any atom is 0.0776 e. The van der Waals surface area contributed by atoms with Gasteiger partial charge < -0.3 is 0 Å². The highest BCUT2D eigenvalue weighted by Crippen LogP contribution is 2.23. The molecule has 2 aromatic carbocycles. The normalized spacial score (nSPS) is 12.0. The van der Waals surface area contributed by atoms with E-state index >= 15 is 0 Å². The molecule has 0 atom stereocenters. The first-order valence-corrected chi connectivity index (χ1v) is 14.8. The van der Waals surface area contributed by atoms with Crippen LogP contribution < -0.4 is 10.4 Å². The average Bonchev–Trinajstić information content (AvgIpc) is 2.45. The van der Waals surface area contributed by atoms with Gasteiger partial charge in [-0.25, -0.2) is 0 Å². The molecular weight excluding hydrogens is 296 g/mol. The molecule has 0 aliphatic rings. The van der Waals surface area contributed by atoms with Crippen LogP contribution in [-0.4, -0.2) is 16.1 Å². The van der Waals surface area contributed by atoms with Crippen LogP contribution in [-0.2, 0) is 0 Å². The fraction of sp³-hybridized carbons (Fsp3) is 0.300. The Bertz CT molecular complexity index is 705. The van der Waals surface area contributed by atoms with Gasteiger partial charge in [-0.2, -0.15) is 0 Å². The number of rotatable bonds is 3. The summed E-state index contributed by atoms with van der Waals surface area (Å²) in [5.74, 6) is 2.88. The number of terminal acetylenes is 1. The summed E-state index contributed by atoms with van der Waals surface area (Å²) in [4.78, 5) is 0. The van der Waals surface area contributed by atoms with Crippen LogP contribution in [0.1, 0.15) is 5.56 Å². The first-order chi connectivity index (χ1) is 10.1. The zero-order chi connectivity index (χ0) is 16.5. The SMILES string of the molecule is C#Cc1cc([Si](C)(C)C)ccc1-c1ccc([Si](C)(C)C)cc1. The van der Waals surface area contributed by atoms with Gasteiger partial charge in [0.05, 0.1) is 16.1 Å². The molecule has 2 rings (SSSR count). The molecule has 0 aliphatic heterocycles. The largest absolute Gasteiger partial charge is 0.115 e. The van der Waals surface area contributed by atoms with E-state index in [1.165, 1.54) is 21.5 Å². The first kappa shape index (κ1) is 16.8. The molecule has 0 saturated carbocycles. The smallest absolute Gasteiger partial charge is 0.0776 e. The minimum absolute atomic E-state index is 1.01. The summed E-state index contributed by atoms with van der Waals surface area (Å²) >= 11 is 0. The van der Waals surface area contributed by atoms with Crippen molar-refractivity contribution in [2.24, 2.45) is 0 Å². The molecule has 114 valence electrons. The van der Waals surface area contributed by atoms with Crippen molar-refractivity contribution in [3.8, 4) is 23.5 Å². The lowest BCUT2D eigenvalue weighted by atomic mass is 10.0. The Hall–Kier alpha value is -1.57. The van der Waals surface area contributed by atoms with Crippen molar-refractivity contribution in [3.63, 3.8) is 0 Å². The highest BCUT2D eigenvalue weighted by Gasteiger charge is 2.19. The van der Waals surface area contributed by atoms with E-state index in [0.717, 1.165) is 5.56 Å². The third-order valence-electron chi connectivity index (χ3n) is 4.10.